The van der Waals surface area contributed by atoms with Gasteiger partial charge in [-0.3, -0.25) is 4.31 Å². The summed E-state index contributed by atoms with van der Waals surface area (Å²) < 4.78 is 53.4. The van der Waals surface area contributed by atoms with Gasteiger partial charge in [0.2, 0.25) is 0 Å². The second-order valence-corrected chi connectivity index (χ2v) is 9.97. The van der Waals surface area contributed by atoms with Crippen LogP contribution in [-0.4, -0.2) is 27.0 Å². The van der Waals surface area contributed by atoms with Crippen LogP contribution in [0.3, 0.4) is 0 Å². The van der Waals surface area contributed by atoms with Gasteiger partial charge in [-0.1, -0.05) is 12.1 Å². The number of pyridine rings is 1. The highest BCUT2D eigenvalue weighted by atomic mass is 32.2. The Hall–Kier alpha value is -3.76. The number of hydrogen-bond donors (Lipinski definition) is 1. The molecule has 2 aromatic carbocycles. The van der Waals surface area contributed by atoms with E-state index in [0.29, 0.717) is 36.2 Å². The highest BCUT2D eigenvalue weighted by molar-refractivity contribution is 7.90. The fraction of sp³-hybridized carbons (Fsp3) is 0.200. The van der Waals surface area contributed by atoms with Gasteiger partial charge in [-0.15, -0.1) is 0 Å². The Bertz CT molecular complexity index is 1620. The summed E-state index contributed by atoms with van der Waals surface area (Å²) >= 11 is 0. The van der Waals surface area contributed by atoms with E-state index in [1.807, 2.05) is 13.0 Å². The lowest BCUT2D eigenvalue weighted by Crippen LogP contribution is -2.37. The molecule has 1 aliphatic heterocycles. The van der Waals surface area contributed by atoms with Crippen molar-refractivity contribution in [2.45, 2.75) is 19.8 Å². The monoisotopic (exact) mass is 495 g/mol. The molecule has 3 heterocycles. The second kappa shape index (κ2) is 8.79. The first-order chi connectivity index (χ1) is 16.8. The number of aromatic nitrogens is 1. The van der Waals surface area contributed by atoms with Gasteiger partial charge in [0.05, 0.1) is 5.69 Å². The molecule has 0 atom stereocenters. The first kappa shape index (κ1) is 23.0. The van der Waals surface area contributed by atoms with Gasteiger partial charge in [-0.25, -0.2) is 18.9 Å². The molecule has 0 radical (unpaired) electrons. The molecule has 35 heavy (non-hydrogen) atoms. The van der Waals surface area contributed by atoms with Gasteiger partial charge in [0.25, 0.3) is 5.88 Å². The van der Waals surface area contributed by atoms with Crippen LogP contribution >= 0.6 is 0 Å². The number of hydrogen-bond acceptors (Lipinski definition) is 6. The molecule has 4 aromatic rings. The van der Waals surface area contributed by atoms with Crippen LogP contribution in [0, 0.1) is 12.7 Å². The largest absolute Gasteiger partial charge is 0.436 e. The molecule has 0 bridgehead atoms. The zero-order valence-corrected chi connectivity index (χ0v) is 19.9. The van der Waals surface area contributed by atoms with Gasteiger partial charge in [0.1, 0.15) is 11.3 Å². The molecule has 0 fully saturated rings. The van der Waals surface area contributed by atoms with Crippen molar-refractivity contribution < 1.29 is 22.0 Å². The number of aryl methyl sites for hydroxylation is 1. The lowest BCUT2D eigenvalue weighted by molar-refractivity contribution is 0.422. The maximum absolute atomic E-state index is 13.9. The highest BCUT2D eigenvalue weighted by Gasteiger charge is 2.30. The van der Waals surface area contributed by atoms with Crippen molar-refractivity contribution in [3.05, 3.63) is 93.2 Å². The van der Waals surface area contributed by atoms with Gasteiger partial charge in [0.15, 0.2) is 5.82 Å². The number of fused-ring (bicyclic) bond motifs is 2. The van der Waals surface area contributed by atoms with E-state index in [9.17, 15) is 17.6 Å². The number of anilines is 1. The lowest BCUT2D eigenvalue weighted by Gasteiger charge is -2.19. The summed E-state index contributed by atoms with van der Waals surface area (Å²) in [6.07, 6.45) is 2.27. The summed E-state index contributed by atoms with van der Waals surface area (Å²) in [7, 11) is -2.23. The Labute approximate surface area is 201 Å². The van der Waals surface area contributed by atoms with Crippen LogP contribution in [0.15, 0.2) is 63.9 Å². The average Bonchev–Trinajstić information content (AvgIpc) is 3.29. The minimum absolute atomic E-state index is 0.171. The Morgan fingerprint density at radius 2 is 2.03 bits per heavy atom. The van der Waals surface area contributed by atoms with Crippen molar-refractivity contribution in [3.8, 4) is 11.6 Å². The third-order valence-corrected chi connectivity index (χ3v) is 7.67. The topological polar surface area (TPSA) is 102 Å². The minimum atomic E-state index is -3.61. The molecule has 0 saturated carbocycles. The van der Waals surface area contributed by atoms with Crippen molar-refractivity contribution in [1.29, 1.82) is 0 Å². The van der Waals surface area contributed by atoms with E-state index in [2.05, 4.69) is 9.71 Å². The summed E-state index contributed by atoms with van der Waals surface area (Å²) in [5.74, 6) is -0.482. The maximum atomic E-state index is 13.9. The van der Waals surface area contributed by atoms with Crippen LogP contribution in [0.5, 0.6) is 11.6 Å². The third-order valence-electron chi connectivity index (χ3n) is 6.20. The Kier molecular flexibility index (Phi) is 5.78. The molecule has 0 aliphatic carbocycles. The van der Waals surface area contributed by atoms with E-state index in [1.165, 1.54) is 35.7 Å². The van der Waals surface area contributed by atoms with Crippen molar-refractivity contribution in [3.63, 3.8) is 0 Å². The van der Waals surface area contributed by atoms with Gasteiger partial charge in [-0.05, 0) is 60.4 Å². The molecular formula is C25H22FN3O5S. The summed E-state index contributed by atoms with van der Waals surface area (Å²) in [4.78, 5) is 16.8. The fourth-order valence-corrected chi connectivity index (χ4v) is 5.38. The van der Waals surface area contributed by atoms with E-state index in [1.54, 1.807) is 24.3 Å². The van der Waals surface area contributed by atoms with Crippen molar-refractivity contribution >= 4 is 26.9 Å². The molecule has 0 saturated heterocycles. The fourth-order valence-electron chi connectivity index (χ4n) is 4.39. The molecule has 10 heteroatoms. The summed E-state index contributed by atoms with van der Waals surface area (Å²) in [5, 5.41) is 0.723. The van der Waals surface area contributed by atoms with Gasteiger partial charge >= 0.3 is 15.8 Å². The zero-order chi connectivity index (χ0) is 24.7. The standard InChI is InChI=1S/C25H22FN3O5S/c1-15-18-9-8-17(33-24-21(26)6-4-11-28-24)14-23(18)34-25(30)20(15)13-16-5-3-7-22-19(16)10-12-29(22)35(31,32)27-2/h3-9,11,14,27H,10,12-13H2,1-2H3. The minimum Gasteiger partial charge on any atom is -0.436 e. The summed E-state index contributed by atoms with van der Waals surface area (Å²) in [5.41, 5.74) is 3.44. The molecule has 0 amide bonds. The first-order valence-corrected chi connectivity index (χ1v) is 12.4. The number of nitrogens with zero attached hydrogens (tertiary/aromatic N) is 2. The van der Waals surface area contributed by atoms with Crippen LogP contribution in [0.4, 0.5) is 10.1 Å². The predicted molar refractivity (Wildman–Crippen MR) is 130 cm³/mol. The van der Waals surface area contributed by atoms with Crippen molar-refractivity contribution in [2.24, 2.45) is 0 Å². The van der Waals surface area contributed by atoms with Crippen LogP contribution in [0.25, 0.3) is 11.0 Å². The van der Waals surface area contributed by atoms with Crippen LogP contribution in [0.2, 0.25) is 0 Å². The molecule has 8 nitrogen and oxygen atoms in total. The summed E-state index contributed by atoms with van der Waals surface area (Å²) in [6, 6.07) is 13.1. The van der Waals surface area contributed by atoms with E-state index >= 15 is 0 Å². The van der Waals surface area contributed by atoms with Crippen LogP contribution in [0.1, 0.15) is 22.3 Å². The van der Waals surface area contributed by atoms with E-state index in [0.717, 1.165) is 22.1 Å². The van der Waals surface area contributed by atoms with Crippen LogP contribution < -0.4 is 19.4 Å². The third kappa shape index (κ3) is 4.15. The normalized spacial score (nSPS) is 13.3. The molecule has 1 N–H and O–H groups in total. The predicted octanol–water partition coefficient (Wildman–Crippen LogP) is 3.85. The molecule has 1 aliphatic rings. The molecule has 180 valence electrons. The Morgan fingerprint density at radius 3 is 2.80 bits per heavy atom. The average molecular weight is 496 g/mol. The van der Waals surface area contributed by atoms with Gasteiger partial charge in [-0.2, -0.15) is 8.42 Å². The number of benzene rings is 2. The van der Waals surface area contributed by atoms with Crippen molar-refractivity contribution in [2.75, 3.05) is 17.9 Å². The van der Waals surface area contributed by atoms with E-state index in [-0.39, 0.29) is 11.6 Å². The van der Waals surface area contributed by atoms with Gasteiger partial charge < -0.3 is 9.15 Å². The van der Waals surface area contributed by atoms with Crippen LogP contribution in [-0.2, 0) is 23.1 Å². The molecule has 0 unspecified atom stereocenters. The SMILES string of the molecule is CNS(=O)(=O)N1CCc2c(Cc3c(C)c4ccc(Oc5ncccc5F)cc4oc3=O)cccc21. The van der Waals surface area contributed by atoms with E-state index in [4.69, 9.17) is 9.15 Å². The Morgan fingerprint density at radius 1 is 1.20 bits per heavy atom. The number of rotatable bonds is 6. The van der Waals surface area contributed by atoms with Crippen molar-refractivity contribution in [1.82, 2.24) is 9.71 Å². The molecule has 5 rings (SSSR count). The summed E-state index contributed by atoms with van der Waals surface area (Å²) in [6.45, 7) is 2.18. The number of nitrogens with one attached hydrogen (secondary N) is 1. The van der Waals surface area contributed by atoms with E-state index < -0.39 is 21.7 Å². The van der Waals surface area contributed by atoms with Gasteiger partial charge in [0, 0.05) is 43.2 Å². The second-order valence-electron chi connectivity index (χ2n) is 8.17. The number of halogens is 1. The lowest BCUT2D eigenvalue weighted by atomic mass is 9.95. The quantitative estimate of drug-likeness (QED) is 0.408. The highest BCUT2D eigenvalue weighted by Crippen LogP contribution is 2.34. The zero-order valence-electron chi connectivity index (χ0n) is 19.0. The Balaban J connectivity index is 1.50. The maximum Gasteiger partial charge on any atom is 0.340 e. The molecule has 0 spiro atoms. The smallest absolute Gasteiger partial charge is 0.340 e. The number of ether oxygens (including phenoxy) is 1. The molecule has 2 aromatic heterocycles. The first-order valence-electron chi connectivity index (χ1n) is 10.9. The molecular weight excluding hydrogens is 473 g/mol.